The standard InChI is InChI=1S/C11H20N6O3/c1-4-8(10(13)19)17(3)9(18)6-15-11(20)7(12)5-16-14-2/h5,8,12,14H,4,6H2,1-3H3,(H2,13,19)(H,15,20)/b12-7?,16-5-. The smallest absolute Gasteiger partial charge is 0.271 e. The van der Waals surface area contributed by atoms with Crippen molar-refractivity contribution < 1.29 is 14.4 Å². The van der Waals surface area contributed by atoms with Crippen LogP contribution in [0.2, 0.25) is 0 Å². The molecule has 0 spiro atoms. The minimum absolute atomic E-state index is 0.325. The zero-order valence-electron chi connectivity index (χ0n) is 11.8. The van der Waals surface area contributed by atoms with Gasteiger partial charge in [-0.15, -0.1) is 0 Å². The fraction of sp³-hybridized carbons (Fsp3) is 0.545. The molecule has 0 saturated heterocycles. The molecule has 20 heavy (non-hydrogen) atoms. The number of amides is 3. The Morgan fingerprint density at radius 1 is 1.45 bits per heavy atom. The predicted molar refractivity (Wildman–Crippen MR) is 74.3 cm³/mol. The van der Waals surface area contributed by atoms with Crippen molar-refractivity contribution in [2.45, 2.75) is 19.4 Å². The summed E-state index contributed by atoms with van der Waals surface area (Å²) in [6, 6.07) is -0.718. The van der Waals surface area contributed by atoms with E-state index in [1.165, 1.54) is 19.0 Å². The van der Waals surface area contributed by atoms with Gasteiger partial charge in [0.15, 0.2) is 0 Å². The number of nitrogens with zero attached hydrogens (tertiary/aromatic N) is 2. The maximum Gasteiger partial charge on any atom is 0.271 e. The SMILES string of the molecule is CCC(C(N)=O)N(C)C(=O)CNC(=O)C(=N)/C=N\NC. The van der Waals surface area contributed by atoms with Crippen molar-refractivity contribution in [3.63, 3.8) is 0 Å². The molecule has 5 N–H and O–H groups in total. The molecular formula is C11H20N6O3. The highest BCUT2D eigenvalue weighted by molar-refractivity contribution is 6.59. The monoisotopic (exact) mass is 284 g/mol. The topological polar surface area (TPSA) is 141 Å². The average Bonchev–Trinajstić information content (AvgIpc) is 2.41. The second-order valence-corrected chi connectivity index (χ2v) is 3.91. The third kappa shape index (κ3) is 5.46. The van der Waals surface area contributed by atoms with Crippen LogP contribution in [0.4, 0.5) is 0 Å². The molecule has 0 aromatic rings. The molecule has 0 aromatic heterocycles. The van der Waals surface area contributed by atoms with Crippen molar-refractivity contribution in [2.75, 3.05) is 20.6 Å². The molecule has 0 radical (unpaired) electrons. The van der Waals surface area contributed by atoms with Gasteiger partial charge in [0, 0.05) is 14.1 Å². The van der Waals surface area contributed by atoms with Gasteiger partial charge in [-0.25, -0.2) is 0 Å². The summed E-state index contributed by atoms with van der Waals surface area (Å²) in [7, 11) is 2.95. The minimum Gasteiger partial charge on any atom is -0.368 e. The summed E-state index contributed by atoms with van der Waals surface area (Å²) in [5, 5.41) is 13.1. The summed E-state index contributed by atoms with van der Waals surface area (Å²) in [5.74, 6) is -1.82. The van der Waals surface area contributed by atoms with Gasteiger partial charge in [-0.2, -0.15) is 5.10 Å². The van der Waals surface area contributed by atoms with Gasteiger partial charge in [-0.1, -0.05) is 6.92 Å². The number of nitrogens with two attached hydrogens (primary N) is 1. The molecule has 0 aliphatic rings. The Morgan fingerprint density at radius 2 is 2.05 bits per heavy atom. The second-order valence-electron chi connectivity index (χ2n) is 3.91. The first kappa shape index (κ1) is 17.6. The molecule has 0 saturated carbocycles. The fourth-order valence-corrected chi connectivity index (χ4v) is 1.40. The van der Waals surface area contributed by atoms with Crippen LogP contribution in [0.3, 0.4) is 0 Å². The summed E-state index contributed by atoms with van der Waals surface area (Å²) >= 11 is 0. The maximum atomic E-state index is 11.8. The van der Waals surface area contributed by atoms with Crippen molar-refractivity contribution in [1.82, 2.24) is 15.6 Å². The number of likely N-dealkylation sites (N-methyl/N-ethyl adjacent to an activating group) is 1. The highest BCUT2D eigenvalue weighted by Crippen LogP contribution is 2.00. The molecule has 1 unspecified atom stereocenters. The normalized spacial score (nSPS) is 11.8. The summed E-state index contributed by atoms with van der Waals surface area (Å²) in [6.45, 7) is 1.40. The van der Waals surface area contributed by atoms with Crippen LogP contribution in [0.1, 0.15) is 13.3 Å². The maximum absolute atomic E-state index is 11.8. The van der Waals surface area contributed by atoms with E-state index < -0.39 is 29.5 Å². The second kappa shape index (κ2) is 8.62. The zero-order valence-corrected chi connectivity index (χ0v) is 11.8. The van der Waals surface area contributed by atoms with E-state index in [2.05, 4.69) is 15.8 Å². The lowest BCUT2D eigenvalue weighted by molar-refractivity contribution is -0.137. The summed E-state index contributed by atoms with van der Waals surface area (Å²) in [6.07, 6.45) is 1.40. The number of hydrazone groups is 1. The lowest BCUT2D eigenvalue weighted by atomic mass is 10.2. The van der Waals surface area contributed by atoms with E-state index in [4.69, 9.17) is 11.1 Å². The molecular weight excluding hydrogens is 264 g/mol. The molecule has 0 rings (SSSR count). The quantitative estimate of drug-likeness (QED) is 0.303. The van der Waals surface area contributed by atoms with Crippen LogP contribution in [0.15, 0.2) is 5.10 Å². The number of nitrogens with one attached hydrogen (secondary N) is 3. The molecule has 112 valence electrons. The van der Waals surface area contributed by atoms with E-state index in [-0.39, 0.29) is 6.54 Å². The Bertz CT molecular complexity index is 420. The molecule has 0 heterocycles. The van der Waals surface area contributed by atoms with E-state index in [0.29, 0.717) is 6.42 Å². The predicted octanol–water partition coefficient (Wildman–Crippen LogP) is -1.95. The first-order chi connectivity index (χ1) is 9.34. The van der Waals surface area contributed by atoms with Crippen molar-refractivity contribution >= 4 is 29.6 Å². The zero-order chi connectivity index (χ0) is 15.7. The van der Waals surface area contributed by atoms with Crippen LogP contribution in [-0.4, -0.2) is 61.2 Å². The Hall–Kier alpha value is -2.45. The average molecular weight is 284 g/mol. The summed E-state index contributed by atoms with van der Waals surface area (Å²) in [4.78, 5) is 35.5. The van der Waals surface area contributed by atoms with E-state index in [0.717, 1.165) is 6.21 Å². The molecule has 9 nitrogen and oxygen atoms in total. The fourth-order valence-electron chi connectivity index (χ4n) is 1.40. The number of hydrogen-bond donors (Lipinski definition) is 4. The lowest BCUT2D eigenvalue weighted by Gasteiger charge is -2.24. The Kier molecular flexibility index (Phi) is 7.56. The molecule has 0 aromatic carbocycles. The Labute approximate surface area is 117 Å². The Balaban J connectivity index is 4.41. The number of carbonyl (C=O) groups excluding carboxylic acids is 3. The van der Waals surface area contributed by atoms with Gasteiger partial charge in [-0.05, 0) is 6.42 Å². The van der Waals surface area contributed by atoms with Crippen molar-refractivity contribution in [2.24, 2.45) is 10.8 Å². The van der Waals surface area contributed by atoms with Crippen molar-refractivity contribution in [3.05, 3.63) is 0 Å². The minimum atomic E-state index is -0.738. The number of rotatable bonds is 8. The molecule has 9 heteroatoms. The molecule has 0 bridgehead atoms. The van der Waals surface area contributed by atoms with E-state index in [9.17, 15) is 14.4 Å². The third-order valence-corrected chi connectivity index (χ3v) is 2.54. The molecule has 3 amide bonds. The van der Waals surface area contributed by atoms with Crippen LogP contribution in [0.5, 0.6) is 0 Å². The highest BCUT2D eigenvalue weighted by Gasteiger charge is 2.23. The van der Waals surface area contributed by atoms with E-state index in [1.807, 2.05) is 0 Å². The summed E-state index contributed by atoms with van der Waals surface area (Å²) in [5.41, 5.74) is 7.17. The van der Waals surface area contributed by atoms with Gasteiger partial charge >= 0.3 is 0 Å². The van der Waals surface area contributed by atoms with Crippen molar-refractivity contribution in [3.8, 4) is 0 Å². The van der Waals surface area contributed by atoms with E-state index >= 15 is 0 Å². The third-order valence-electron chi connectivity index (χ3n) is 2.54. The Morgan fingerprint density at radius 3 is 2.50 bits per heavy atom. The highest BCUT2D eigenvalue weighted by atomic mass is 16.2. The number of hydrogen-bond acceptors (Lipinski definition) is 6. The van der Waals surface area contributed by atoms with Gasteiger partial charge in [0.05, 0.1) is 12.8 Å². The van der Waals surface area contributed by atoms with Crippen LogP contribution in [0, 0.1) is 5.41 Å². The van der Waals surface area contributed by atoms with Gasteiger partial charge < -0.3 is 21.4 Å². The molecule has 1 atom stereocenters. The summed E-state index contributed by atoms with van der Waals surface area (Å²) < 4.78 is 0. The first-order valence-corrected chi connectivity index (χ1v) is 5.96. The number of primary amides is 1. The van der Waals surface area contributed by atoms with Crippen LogP contribution < -0.4 is 16.5 Å². The van der Waals surface area contributed by atoms with Gasteiger partial charge in [-0.3, -0.25) is 19.8 Å². The van der Waals surface area contributed by atoms with Crippen LogP contribution in [0.25, 0.3) is 0 Å². The van der Waals surface area contributed by atoms with Crippen LogP contribution >= 0.6 is 0 Å². The lowest BCUT2D eigenvalue weighted by Crippen LogP contribution is -2.49. The number of carbonyl (C=O) groups is 3. The van der Waals surface area contributed by atoms with Gasteiger partial charge in [0.25, 0.3) is 5.91 Å². The van der Waals surface area contributed by atoms with Crippen molar-refractivity contribution in [1.29, 1.82) is 5.41 Å². The van der Waals surface area contributed by atoms with Gasteiger partial charge in [0.1, 0.15) is 11.8 Å². The first-order valence-electron chi connectivity index (χ1n) is 5.96. The molecule has 0 aliphatic carbocycles. The van der Waals surface area contributed by atoms with E-state index in [1.54, 1.807) is 6.92 Å². The molecule has 0 aliphatic heterocycles. The van der Waals surface area contributed by atoms with Gasteiger partial charge in [0.2, 0.25) is 11.8 Å². The molecule has 0 fully saturated rings. The van der Waals surface area contributed by atoms with Crippen LogP contribution in [-0.2, 0) is 14.4 Å². The largest absolute Gasteiger partial charge is 0.368 e.